The van der Waals surface area contributed by atoms with E-state index < -0.39 is 10.5 Å². The number of rotatable bonds is 6. The lowest BCUT2D eigenvalue weighted by Gasteiger charge is -2.35. The second-order valence-corrected chi connectivity index (χ2v) is 8.44. The van der Waals surface area contributed by atoms with Crippen LogP contribution < -0.4 is 0 Å². The predicted octanol–water partition coefficient (Wildman–Crippen LogP) is 1.76. The number of carbonyl (C=O) groups is 2. The molecule has 1 aromatic carbocycles. The Kier molecular flexibility index (Phi) is 7.32. The fourth-order valence-electron chi connectivity index (χ4n) is 3.18. The van der Waals surface area contributed by atoms with E-state index in [1.165, 1.54) is 23.1 Å². The molecule has 1 aliphatic heterocycles. The van der Waals surface area contributed by atoms with Crippen LogP contribution in [0, 0.1) is 10.1 Å². The highest BCUT2D eigenvalue weighted by Gasteiger charge is 2.24. The topological polar surface area (TPSA) is 96.2 Å². The largest absolute Gasteiger partial charge is 0.459 e. The zero-order chi connectivity index (χ0) is 21.8. The van der Waals surface area contributed by atoms with E-state index in [9.17, 15) is 19.7 Å². The first kappa shape index (κ1) is 22.8. The minimum atomic E-state index is -0.504. The molecule has 29 heavy (non-hydrogen) atoms. The minimum Gasteiger partial charge on any atom is -0.459 e. The minimum absolute atomic E-state index is 0.0288. The molecule has 0 N–H and O–H groups in total. The number of benzene rings is 1. The van der Waals surface area contributed by atoms with Crippen molar-refractivity contribution in [2.75, 3.05) is 46.8 Å². The molecule has 0 bridgehead atoms. The number of nitrogens with zero attached hydrogens (tertiary/aromatic N) is 4. The van der Waals surface area contributed by atoms with Crippen LogP contribution >= 0.6 is 0 Å². The fourth-order valence-corrected chi connectivity index (χ4v) is 3.18. The maximum atomic E-state index is 12.5. The Balaban J connectivity index is 2.02. The first-order valence-corrected chi connectivity index (χ1v) is 9.62. The second kappa shape index (κ2) is 9.32. The molecule has 160 valence electrons. The molecule has 1 fully saturated rings. The standard InChI is InChI=1S/C20H30N4O5/c1-20(2,3)29-18(25)14-23-10-8-22(9-11-23)13-15-12-16(24(27)28)6-7-17(15)19(26)21(4)5/h6-7,12H,8-11,13-14H2,1-5H3. The third-order valence-electron chi connectivity index (χ3n) is 4.57. The van der Waals surface area contributed by atoms with E-state index in [2.05, 4.69) is 4.90 Å². The summed E-state index contributed by atoms with van der Waals surface area (Å²) in [4.78, 5) is 40.8. The highest BCUT2D eigenvalue weighted by Crippen LogP contribution is 2.21. The second-order valence-electron chi connectivity index (χ2n) is 8.44. The van der Waals surface area contributed by atoms with Crippen LogP contribution in [-0.2, 0) is 16.1 Å². The van der Waals surface area contributed by atoms with E-state index in [0.29, 0.717) is 43.9 Å². The van der Waals surface area contributed by atoms with Crippen LogP contribution in [0.2, 0.25) is 0 Å². The van der Waals surface area contributed by atoms with Crippen molar-refractivity contribution in [2.24, 2.45) is 0 Å². The molecule has 0 saturated carbocycles. The van der Waals surface area contributed by atoms with E-state index in [1.54, 1.807) is 14.1 Å². The average molecular weight is 406 g/mol. The summed E-state index contributed by atoms with van der Waals surface area (Å²) in [5.41, 5.74) is 0.574. The molecule has 0 atom stereocenters. The maximum Gasteiger partial charge on any atom is 0.320 e. The normalized spacial score (nSPS) is 15.8. The molecule has 9 heteroatoms. The molecule has 1 aliphatic rings. The fraction of sp³-hybridized carbons (Fsp3) is 0.600. The molecule has 1 saturated heterocycles. The zero-order valence-electron chi connectivity index (χ0n) is 17.8. The van der Waals surface area contributed by atoms with Gasteiger partial charge in [-0.3, -0.25) is 29.5 Å². The van der Waals surface area contributed by atoms with Gasteiger partial charge in [0.2, 0.25) is 0 Å². The van der Waals surface area contributed by atoms with Gasteiger partial charge in [0.25, 0.3) is 11.6 Å². The average Bonchev–Trinajstić information content (AvgIpc) is 2.61. The lowest BCUT2D eigenvalue weighted by Crippen LogP contribution is -2.48. The Hall–Kier alpha value is -2.52. The Bertz CT molecular complexity index is 765. The van der Waals surface area contributed by atoms with E-state index >= 15 is 0 Å². The van der Waals surface area contributed by atoms with Gasteiger partial charge in [-0.15, -0.1) is 0 Å². The van der Waals surface area contributed by atoms with Crippen LogP contribution in [0.4, 0.5) is 5.69 Å². The molecule has 0 spiro atoms. The van der Waals surface area contributed by atoms with Crippen molar-refractivity contribution < 1.29 is 19.2 Å². The molecule has 0 aromatic heterocycles. The summed E-state index contributed by atoms with van der Waals surface area (Å²) in [6, 6.07) is 4.36. The molecule has 1 heterocycles. The number of nitro benzene ring substituents is 1. The van der Waals surface area contributed by atoms with Crippen molar-refractivity contribution in [1.29, 1.82) is 0 Å². The molecule has 1 amide bonds. The number of hydrogen-bond donors (Lipinski definition) is 0. The van der Waals surface area contributed by atoms with Gasteiger partial charge in [-0.1, -0.05) is 0 Å². The van der Waals surface area contributed by atoms with E-state index in [4.69, 9.17) is 4.74 Å². The van der Waals surface area contributed by atoms with Gasteiger partial charge in [-0.25, -0.2) is 0 Å². The summed E-state index contributed by atoms with van der Waals surface area (Å²) in [7, 11) is 3.31. The highest BCUT2D eigenvalue weighted by atomic mass is 16.6. The summed E-state index contributed by atoms with van der Waals surface area (Å²) in [5, 5.41) is 11.2. The number of carbonyl (C=O) groups excluding carboxylic acids is 2. The number of non-ortho nitro benzene ring substituents is 1. The van der Waals surface area contributed by atoms with Crippen molar-refractivity contribution in [3.63, 3.8) is 0 Å². The number of amides is 1. The van der Waals surface area contributed by atoms with E-state index in [0.717, 1.165) is 0 Å². The third kappa shape index (κ3) is 6.79. The Morgan fingerprint density at radius 2 is 1.72 bits per heavy atom. The Labute approximate surface area is 171 Å². The highest BCUT2D eigenvalue weighted by molar-refractivity contribution is 5.95. The SMILES string of the molecule is CN(C)C(=O)c1ccc([N+](=O)[O-])cc1CN1CCN(CC(=O)OC(C)(C)C)CC1. The van der Waals surface area contributed by atoms with Gasteiger partial charge in [-0.2, -0.15) is 0 Å². The first-order chi connectivity index (χ1) is 13.5. The van der Waals surface area contributed by atoms with Crippen molar-refractivity contribution >= 4 is 17.6 Å². The molecule has 0 aliphatic carbocycles. The van der Waals surface area contributed by atoms with Crippen molar-refractivity contribution in [3.05, 3.63) is 39.4 Å². The smallest absolute Gasteiger partial charge is 0.320 e. The summed E-state index contributed by atoms with van der Waals surface area (Å²) >= 11 is 0. The van der Waals surface area contributed by atoms with Gasteiger partial charge in [0.15, 0.2) is 0 Å². The van der Waals surface area contributed by atoms with Crippen molar-refractivity contribution in [3.8, 4) is 0 Å². The molecule has 1 aromatic rings. The number of nitro groups is 1. The monoisotopic (exact) mass is 406 g/mol. The van der Waals surface area contributed by atoms with E-state index in [-0.39, 0.29) is 24.1 Å². The molecular formula is C20H30N4O5. The summed E-state index contributed by atoms with van der Waals surface area (Å²) in [6.07, 6.45) is 0. The van der Waals surface area contributed by atoms with Gasteiger partial charge in [0.1, 0.15) is 5.60 Å². The zero-order valence-corrected chi connectivity index (χ0v) is 17.8. The van der Waals surface area contributed by atoms with Gasteiger partial charge in [-0.05, 0) is 32.4 Å². The summed E-state index contributed by atoms with van der Waals surface area (Å²) < 4.78 is 5.36. The maximum absolute atomic E-state index is 12.5. The van der Waals surface area contributed by atoms with Gasteiger partial charge < -0.3 is 9.64 Å². The predicted molar refractivity (Wildman–Crippen MR) is 109 cm³/mol. The van der Waals surface area contributed by atoms with Crippen LogP contribution in [0.15, 0.2) is 18.2 Å². The molecule has 9 nitrogen and oxygen atoms in total. The number of esters is 1. The molecule has 2 rings (SSSR count). The van der Waals surface area contributed by atoms with Gasteiger partial charge >= 0.3 is 5.97 Å². The lowest BCUT2D eigenvalue weighted by atomic mass is 10.0. The van der Waals surface area contributed by atoms with Crippen LogP contribution in [0.25, 0.3) is 0 Å². The first-order valence-electron chi connectivity index (χ1n) is 9.62. The number of piperazine rings is 1. The quantitative estimate of drug-likeness (QED) is 0.403. The van der Waals surface area contributed by atoms with Crippen molar-refractivity contribution in [1.82, 2.24) is 14.7 Å². The summed E-state index contributed by atoms with van der Waals surface area (Å²) in [5.74, 6) is -0.429. The van der Waals surface area contributed by atoms with Crippen LogP contribution in [-0.4, -0.2) is 83.9 Å². The molecular weight excluding hydrogens is 376 g/mol. The van der Waals surface area contributed by atoms with Gasteiger partial charge in [0, 0.05) is 64.5 Å². The van der Waals surface area contributed by atoms with Gasteiger partial charge in [0.05, 0.1) is 11.5 Å². The Morgan fingerprint density at radius 1 is 1.14 bits per heavy atom. The molecule has 0 unspecified atom stereocenters. The number of hydrogen-bond acceptors (Lipinski definition) is 7. The van der Waals surface area contributed by atoms with Crippen molar-refractivity contribution in [2.45, 2.75) is 32.9 Å². The van der Waals surface area contributed by atoms with Crippen LogP contribution in [0.1, 0.15) is 36.7 Å². The van der Waals surface area contributed by atoms with Crippen LogP contribution in [0.5, 0.6) is 0 Å². The number of ether oxygens (including phenoxy) is 1. The van der Waals surface area contributed by atoms with Crippen LogP contribution in [0.3, 0.4) is 0 Å². The van der Waals surface area contributed by atoms with E-state index in [1.807, 2.05) is 25.7 Å². The summed E-state index contributed by atoms with van der Waals surface area (Å²) in [6.45, 7) is 8.97. The third-order valence-corrected chi connectivity index (χ3v) is 4.57. The molecule has 0 radical (unpaired) electrons. The Morgan fingerprint density at radius 3 is 2.24 bits per heavy atom. The lowest BCUT2D eigenvalue weighted by molar-refractivity contribution is -0.384.